The molecule has 0 aromatic heterocycles. The van der Waals surface area contributed by atoms with Gasteiger partial charge in [0.2, 0.25) is 5.91 Å². The molecule has 0 radical (unpaired) electrons. The second kappa shape index (κ2) is 8.10. The molecule has 0 bridgehead atoms. The standard InChI is InChI=1S/C19H16BrClFN5O2/c20-12-3-1-11(2-4-12)16-8-17-19(29)26(23-10-27(17)25-16)9-18(28)24-15-6-5-13(21)7-14(15)22/h1-7,10,16-17,25H,8-9H2,(H,24,28). The molecular weight excluding hydrogens is 465 g/mol. The third kappa shape index (κ3) is 4.26. The Labute approximate surface area is 179 Å². The molecule has 4 rings (SSSR count). The van der Waals surface area contributed by atoms with Crippen molar-refractivity contribution in [3.05, 3.63) is 63.3 Å². The number of fused-ring (bicyclic) bond motifs is 1. The molecule has 29 heavy (non-hydrogen) atoms. The van der Waals surface area contributed by atoms with Crippen LogP contribution in [0.3, 0.4) is 0 Å². The van der Waals surface area contributed by atoms with E-state index in [1.54, 1.807) is 5.01 Å². The number of halogens is 3. The molecule has 2 aliphatic rings. The quantitative estimate of drug-likeness (QED) is 0.704. The van der Waals surface area contributed by atoms with Gasteiger partial charge in [0.15, 0.2) is 0 Å². The zero-order chi connectivity index (χ0) is 20.5. The predicted molar refractivity (Wildman–Crippen MR) is 111 cm³/mol. The summed E-state index contributed by atoms with van der Waals surface area (Å²) in [5.74, 6) is -1.50. The first-order valence-corrected chi connectivity index (χ1v) is 9.98. The number of benzene rings is 2. The van der Waals surface area contributed by atoms with Gasteiger partial charge < -0.3 is 5.32 Å². The summed E-state index contributed by atoms with van der Waals surface area (Å²) in [5, 5.41) is 9.46. The van der Waals surface area contributed by atoms with Crippen LogP contribution in [0, 0.1) is 5.82 Å². The molecular formula is C19H16BrClFN5O2. The highest BCUT2D eigenvalue weighted by Gasteiger charge is 2.41. The van der Waals surface area contributed by atoms with Crippen LogP contribution >= 0.6 is 27.5 Å². The summed E-state index contributed by atoms with van der Waals surface area (Å²) in [4.78, 5) is 25.0. The number of hydrazone groups is 1. The smallest absolute Gasteiger partial charge is 0.267 e. The van der Waals surface area contributed by atoms with Gasteiger partial charge in [0.25, 0.3) is 5.91 Å². The molecule has 2 atom stereocenters. The Morgan fingerprint density at radius 2 is 2.07 bits per heavy atom. The number of hydrazine groups is 1. The van der Waals surface area contributed by atoms with Crippen LogP contribution in [0.25, 0.3) is 0 Å². The molecule has 7 nitrogen and oxygen atoms in total. The van der Waals surface area contributed by atoms with Crippen LogP contribution in [0.4, 0.5) is 10.1 Å². The summed E-state index contributed by atoms with van der Waals surface area (Å²) in [6.45, 7) is -0.315. The maximum atomic E-state index is 13.8. The van der Waals surface area contributed by atoms with Gasteiger partial charge in [0.1, 0.15) is 24.7 Å². The Balaban J connectivity index is 1.40. The molecule has 2 aromatic carbocycles. The van der Waals surface area contributed by atoms with E-state index in [0.717, 1.165) is 21.1 Å². The molecule has 2 aliphatic heterocycles. The summed E-state index contributed by atoms with van der Waals surface area (Å²) >= 11 is 9.11. The van der Waals surface area contributed by atoms with Crippen molar-refractivity contribution in [3.8, 4) is 0 Å². The molecule has 1 saturated heterocycles. The molecule has 1 fully saturated rings. The number of hydrogen-bond donors (Lipinski definition) is 2. The van der Waals surface area contributed by atoms with Crippen LogP contribution < -0.4 is 10.7 Å². The Morgan fingerprint density at radius 1 is 1.31 bits per heavy atom. The van der Waals surface area contributed by atoms with Crippen molar-refractivity contribution in [2.24, 2.45) is 5.10 Å². The van der Waals surface area contributed by atoms with Gasteiger partial charge in [-0.05, 0) is 42.3 Å². The van der Waals surface area contributed by atoms with Gasteiger partial charge in [-0.15, -0.1) is 0 Å². The van der Waals surface area contributed by atoms with Crippen molar-refractivity contribution in [3.63, 3.8) is 0 Å². The van der Waals surface area contributed by atoms with Crippen molar-refractivity contribution >= 4 is 51.4 Å². The van der Waals surface area contributed by atoms with E-state index >= 15 is 0 Å². The van der Waals surface area contributed by atoms with Gasteiger partial charge in [-0.1, -0.05) is 39.7 Å². The van der Waals surface area contributed by atoms with Gasteiger partial charge in [0.05, 0.1) is 11.7 Å². The number of amides is 2. The summed E-state index contributed by atoms with van der Waals surface area (Å²) < 4.78 is 14.8. The fourth-order valence-corrected chi connectivity index (χ4v) is 3.70. The molecule has 0 aliphatic carbocycles. The lowest BCUT2D eigenvalue weighted by Crippen LogP contribution is -2.52. The van der Waals surface area contributed by atoms with Crippen LogP contribution in [-0.4, -0.2) is 40.8 Å². The average Bonchev–Trinajstić information content (AvgIpc) is 3.12. The minimum atomic E-state index is -0.650. The van der Waals surface area contributed by atoms with Gasteiger partial charge in [0, 0.05) is 9.50 Å². The zero-order valence-electron chi connectivity index (χ0n) is 15.0. The lowest BCUT2D eigenvalue weighted by Gasteiger charge is -2.29. The average molecular weight is 481 g/mol. The van der Waals surface area contributed by atoms with E-state index < -0.39 is 17.8 Å². The summed E-state index contributed by atoms with van der Waals surface area (Å²) in [5.41, 5.74) is 4.28. The summed E-state index contributed by atoms with van der Waals surface area (Å²) in [7, 11) is 0. The fraction of sp³-hybridized carbons (Fsp3) is 0.211. The molecule has 2 heterocycles. The highest BCUT2D eigenvalue weighted by molar-refractivity contribution is 9.10. The number of nitrogens with one attached hydrogen (secondary N) is 2. The van der Waals surface area contributed by atoms with Crippen molar-refractivity contribution in [2.75, 3.05) is 11.9 Å². The molecule has 150 valence electrons. The minimum absolute atomic E-state index is 0.00713. The number of anilines is 1. The lowest BCUT2D eigenvalue weighted by atomic mass is 10.0. The number of carbonyl (C=O) groups is 2. The largest absolute Gasteiger partial charge is 0.322 e. The van der Waals surface area contributed by atoms with Crippen molar-refractivity contribution < 1.29 is 14.0 Å². The Morgan fingerprint density at radius 3 is 2.79 bits per heavy atom. The molecule has 0 saturated carbocycles. The SMILES string of the molecule is O=C(CN1N=CN2NC(c3ccc(Br)cc3)CC2C1=O)Nc1ccc(Cl)cc1F. The Hall–Kier alpha value is -2.49. The summed E-state index contributed by atoms with van der Waals surface area (Å²) in [6.07, 6.45) is 2.03. The maximum Gasteiger partial charge on any atom is 0.267 e. The van der Waals surface area contributed by atoms with E-state index in [2.05, 4.69) is 31.8 Å². The fourth-order valence-electron chi connectivity index (χ4n) is 3.28. The third-order valence-corrected chi connectivity index (χ3v) is 5.49. The van der Waals surface area contributed by atoms with Crippen LogP contribution in [0.2, 0.25) is 5.02 Å². The number of rotatable bonds is 4. The molecule has 2 amide bonds. The van der Waals surface area contributed by atoms with Crippen LogP contribution in [0.1, 0.15) is 18.0 Å². The topological polar surface area (TPSA) is 77.0 Å². The normalized spacial score (nSPS) is 20.7. The Kier molecular flexibility index (Phi) is 5.53. The lowest BCUT2D eigenvalue weighted by molar-refractivity contribution is -0.139. The van der Waals surface area contributed by atoms with Gasteiger partial charge in [-0.3, -0.25) is 14.6 Å². The van der Waals surface area contributed by atoms with E-state index in [1.807, 2.05) is 24.3 Å². The number of nitrogens with zero attached hydrogens (tertiary/aromatic N) is 3. The Bertz CT molecular complexity index is 987. The van der Waals surface area contributed by atoms with Crippen molar-refractivity contribution in [1.82, 2.24) is 15.4 Å². The van der Waals surface area contributed by atoms with Crippen LogP contribution in [0.5, 0.6) is 0 Å². The molecule has 0 spiro atoms. The molecule has 10 heteroatoms. The summed E-state index contributed by atoms with van der Waals surface area (Å²) in [6, 6.07) is 11.3. The third-order valence-electron chi connectivity index (χ3n) is 4.73. The molecule has 2 N–H and O–H groups in total. The van der Waals surface area contributed by atoms with Crippen LogP contribution in [0.15, 0.2) is 52.0 Å². The van der Waals surface area contributed by atoms with E-state index in [4.69, 9.17) is 11.6 Å². The maximum absolute atomic E-state index is 13.8. The van der Waals surface area contributed by atoms with Crippen molar-refractivity contribution in [1.29, 1.82) is 0 Å². The molecule has 2 aromatic rings. The van der Waals surface area contributed by atoms with E-state index in [1.165, 1.54) is 18.5 Å². The van der Waals surface area contributed by atoms with Crippen molar-refractivity contribution in [2.45, 2.75) is 18.5 Å². The monoisotopic (exact) mass is 479 g/mol. The highest BCUT2D eigenvalue weighted by Crippen LogP contribution is 2.30. The second-order valence-electron chi connectivity index (χ2n) is 6.69. The van der Waals surface area contributed by atoms with Gasteiger partial charge in [-0.25, -0.2) is 14.8 Å². The van der Waals surface area contributed by atoms with Crippen LogP contribution in [-0.2, 0) is 9.59 Å². The van der Waals surface area contributed by atoms with Gasteiger partial charge >= 0.3 is 0 Å². The first kappa shape index (κ1) is 19.8. The predicted octanol–water partition coefficient (Wildman–Crippen LogP) is 3.29. The van der Waals surface area contributed by atoms with E-state index in [9.17, 15) is 14.0 Å². The number of hydrogen-bond acceptors (Lipinski definition) is 5. The van der Waals surface area contributed by atoms with Gasteiger partial charge in [-0.2, -0.15) is 5.10 Å². The highest BCUT2D eigenvalue weighted by atomic mass is 79.9. The van der Waals surface area contributed by atoms with E-state index in [-0.39, 0.29) is 29.2 Å². The van der Waals surface area contributed by atoms with E-state index in [0.29, 0.717) is 6.42 Å². The second-order valence-corrected chi connectivity index (χ2v) is 8.04. The minimum Gasteiger partial charge on any atom is -0.322 e. The first-order valence-electron chi connectivity index (χ1n) is 8.81. The number of carbonyl (C=O) groups excluding carboxylic acids is 2. The first-order chi connectivity index (χ1) is 13.9. The molecule has 2 unspecified atom stereocenters. The zero-order valence-corrected chi connectivity index (χ0v) is 17.3.